The molecule has 1 aliphatic rings. The van der Waals surface area contributed by atoms with Crippen LogP contribution < -0.4 is 5.32 Å². The molecular weight excluding hydrogens is 282 g/mol. The van der Waals surface area contributed by atoms with Crippen LogP contribution in [0.2, 0.25) is 5.02 Å². The number of rotatable bonds is 3. The topological polar surface area (TPSA) is 29.1 Å². The van der Waals surface area contributed by atoms with Gasteiger partial charge >= 0.3 is 0 Å². The van der Waals surface area contributed by atoms with Gasteiger partial charge in [0.1, 0.15) is 0 Å². The standard InChI is InChI=1S/C18H18ClNO/c1-12-5-3-8-16(13(12)2)20-17(21)18(9-10-18)14-6-4-7-15(19)11-14/h3-8,11H,9-10H2,1-2H3,(H,20,21). The molecule has 0 spiro atoms. The highest BCUT2D eigenvalue weighted by atomic mass is 35.5. The van der Waals surface area contributed by atoms with Crippen molar-refractivity contribution < 1.29 is 4.79 Å². The summed E-state index contributed by atoms with van der Waals surface area (Å²) in [6.45, 7) is 4.08. The number of carbonyl (C=O) groups is 1. The van der Waals surface area contributed by atoms with Crippen LogP contribution in [0.1, 0.15) is 29.5 Å². The smallest absolute Gasteiger partial charge is 0.235 e. The van der Waals surface area contributed by atoms with E-state index in [0.29, 0.717) is 5.02 Å². The van der Waals surface area contributed by atoms with Crippen LogP contribution >= 0.6 is 11.6 Å². The first-order valence-electron chi connectivity index (χ1n) is 7.17. The molecule has 1 saturated carbocycles. The summed E-state index contributed by atoms with van der Waals surface area (Å²) in [5.41, 5.74) is 3.81. The summed E-state index contributed by atoms with van der Waals surface area (Å²) in [4.78, 5) is 12.7. The van der Waals surface area contributed by atoms with E-state index in [-0.39, 0.29) is 5.91 Å². The minimum atomic E-state index is -0.402. The van der Waals surface area contributed by atoms with Gasteiger partial charge in [0.15, 0.2) is 0 Å². The lowest BCUT2D eigenvalue weighted by Gasteiger charge is -2.18. The van der Waals surface area contributed by atoms with Crippen molar-refractivity contribution in [3.8, 4) is 0 Å². The zero-order chi connectivity index (χ0) is 15.0. The van der Waals surface area contributed by atoms with Gasteiger partial charge in [0, 0.05) is 10.7 Å². The molecule has 0 atom stereocenters. The van der Waals surface area contributed by atoms with E-state index in [1.807, 2.05) is 43.3 Å². The van der Waals surface area contributed by atoms with E-state index >= 15 is 0 Å². The fourth-order valence-electron chi connectivity index (χ4n) is 2.69. The van der Waals surface area contributed by atoms with Crippen molar-refractivity contribution in [2.24, 2.45) is 0 Å². The summed E-state index contributed by atoms with van der Waals surface area (Å²) in [7, 11) is 0. The van der Waals surface area contributed by atoms with Crippen molar-refractivity contribution in [2.45, 2.75) is 32.1 Å². The molecule has 2 aromatic carbocycles. The maximum atomic E-state index is 12.7. The van der Waals surface area contributed by atoms with Crippen LogP contribution in [0.5, 0.6) is 0 Å². The molecule has 2 nitrogen and oxygen atoms in total. The van der Waals surface area contributed by atoms with Crippen molar-refractivity contribution >= 4 is 23.2 Å². The molecule has 0 aromatic heterocycles. The van der Waals surface area contributed by atoms with E-state index in [1.165, 1.54) is 5.56 Å². The van der Waals surface area contributed by atoms with Crippen LogP contribution in [0.4, 0.5) is 5.69 Å². The number of amides is 1. The number of hydrogen-bond donors (Lipinski definition) is 1. The molecule has 1 fully saturated rings. The molecule has 2 aromatic rings. The number of carbonyl (C=O) groups excluding carboxylic acids is 1. The number of benzene rings is 2. The average molecular weight is 300 g/mol. The van der Waals surface area contributed by atoms with Crippen molar-refractivity contribution in [3.05, 3.63) is 64.2 Å². The number of halogens is 1. The molecule has 0 bridgehead atoms. The molecule has 1 aliphatic carbocycles. The Morgan fingerprint density at radius 3 is 2.52 bits per heavy atom. The van der Waals surface area contributed by atoms with E-state index in [4.69, 9.17) is 11.6 Å². The van der Waals surface area contributed by atoms with Gasteiger partial charge in [0.25, 0.3) is 0 Å². The second kappa shape index (κ2) is 5.19. The molecule has 1 amide bonds. The molecule has 0 radical (unpaired) electrons. The second-order valence-electron chi connectivity index (χ2n) is 5.79. The Balaban J connectivity index is 1.87. The number of hydrogen-bond acceptors (Lipinski definition) is 1. The zero-order valence-electron chi connectivity index (χ0n) is 12.2. The third kappa shape index (κ3) is 2.56. The molecule has 3 rings (SSSR count). The number of aryl methyl sites for hydroxylation is 1. The number of nitrogens with one attached hydrogen (secondary N) is 1. The molecule has 0 saturated heterocycles. The summed E-state index contributed by atoms with van der Waals surface area (Å²) >= 11 is 6.06. The van der Waals surface area contributed by atoms with Crippen LogP contribution in [-0.4, -0.2) is 5.91 Å². The Bertz CT molecular complexity index is 704. The van der Waals surface area contributed by atoms with Gasteiger partial charge < -0.3 is 5.32 Å². The SMILES string of the molecule is Cc1cccc(NC(=O)C2(c3cccc(Cl)c3)CC2)c1C. The predicted molar refractivity (Wildman–Crippen MR) is 86.9 cm³/mol. The third-order valence-electron chi connectivity index (χ3n) is 4.41. The van der Waals surface area contributed by atoms with Gasteiger partial charge in [-0.05, 0) is 61.6 Å². The van der Waals surface area contributed by atoms with Crippen LogP contribution in [0, 0.1) is 13.8 Å². The largest absolute Gasteiger partial charge is 0.325 e. The second-order valence-corrected chi connectivity index (χ2v) is 6.23. The lowest BCUT2D eigenvalue weighted by Crippen LogP contribution is -2.28. The van der Waals surface area contributed by atoms with Gasteiger partial charge in [-0.3, -0.25) is 4.79 Å². The molecule has 0 heterocycles. The van der Waals surface area contributed by atoms with Gasteiger partial charge in [-0.25, -0.2) is 0 Å². The van der Waals surface area contributed by atoms with Crippen LogP contribution in [-0.2, 0) is 10.2 Å². The Labute approximate surface area is 130 Å². The lowest BCUT2D eigenvalue weighted by molar-refractivity contribution is -0.118. The van der Waals surface area contributed by atoms with E-state index in [9.17, 15) is 4.79 Å². The molecule has 0 unspecified atom stereocenters. The van der Waals surface area contributed by atoms with Gasteiger partial charge in [-0.1, -0.05) is 35.9 Å². The van der Waals surface area contributed by atoms with Crippen LogP contribution in [0.25, 0.3) is 0 Å². The first-order valence-corrected chi connectivity index (χ1v) is 7.54. The fourth-order valence-corrected chi connectivity index (χ4v) is 2.88. The highest BCUT2D eigenvalue weighted by Gasteiger charge is 2.51. The first-order chi connectivity index (χ1) is 10.0. The highest BCUT2D eigenvalue weighted by Crippen LogP contribution is 2.49. The number of anilines is 1. The van der Waals surface area contributed by atoms with E-state index in [2.05, 4.69) is 18.3 Å². The summed E-state index contributed by atoms with van der Waals surface area (Å²) in [5, 5.41) is 3.77. The van der Waals surface area contributed by atoms with E-state index < -0.39 is 5.41 Å². The van der Waals surface area contributed by atoms with Crippen LogP contribution in [0.3, 0.4) is 0 Å². The Morgan fingerprint density at radius 2 is 1.86 bits per heavy atom. The maximum absolute atomic E-state index is 12.7. The van der Waals surface area contributed by atoms with Crippen LogP contribution in [0.15, 0.2) is 42.5 Å². The molecule has 108 valence electrons. The highest BCUT2D eigenvalue weighted by molar-refractivity contribution is 6.30. The van der Waals surface area contributed by atoms with Gasteiger partial charge in [0.2, 0.25) is 5.91 Å². The minimum absolute atomic E-state index is 0.0680. The minimum Gasteiger partial charge on any atom is -0.325 e. The fraction of sp³-hybridized carbons (Fsp3) is 0.278. The molecule has 1 N–H and O–H groups in total. The average Bonchev–Trinajstić information content (AvgIpc) is 3.25. The van der Waals surface area contributed by atoms with Crippen molar-refractivity contribution in [1.29, 1.82) is 0 Å². The van der Waals surface area contributed by atoms with Crippen molar-refractivity contribution in [2.75, 3.05) is 5.32 Å². The molecular formula is C18H18ClNO. The molecule has 3 heteroatoms. The van der Waals surface area contributed by atoms with Crippen molar-refractivity contribution in [1.82, 2.24) is 0 Å². The normalized spacial score (nSPS) is 15.6. The predicted octanol–water partition coefficient (Wildman–Crippen LogP) is 4.63. The Hall–Kier alpha value is -1.80. The van der Waals surface area contributed by atoms with Crippen molar-refractivity contribution in [3.63, 3.8) is 0 Å². The van der Waals surface area contributed by atoms with Gasteiger partial charge in [-0.2, -0.15) is 0 Å². The Morgan fingerprint density at radius 1 is 1.14 bits per heavy atom. The lowest BCUT2D eigenvalue weighted by atomic mass is 9.94. The quantitative estimate of drug-likeness (QED) is 0.880. The third-order valence-corrected chi connectivity index (χ3v) is 4.65. The van der Waals surface area contributed by atoms with Gasteiger partial charge in [-0.15, -0.1) is 0 Å². The summed E-state index contributed by atoms with van der Waals surface area (Å²) < 4.78 is 0. The monoisotopic (exact) mass is 299 g/mol. The molecule has 0 aliphatic heterocycles. The van der Waals surface area contributed by atoms with Gasteiger partial charge in [0.05, 0.1) is 5.41 Å². The first kappa shape index (κ1) is 14.2. The Kier molecular flexibility index (Phi) is 3.50. The summed E-state index contributed by atoms with van der Waals surface area (Å²) in [5.74, 6) is 0.0680. The summed E-state index contributed by atoms with van der Waals surface area (Å²) in [6.07, 6.45) is 1.76. The zero-order valence-corrected chi connectivity index (χ0v) is 13.0. The van der Waals surface area contributed by atoms with E-state index in [0.717, 1.165) is 29.7 Å². The maximum Gasteiger partial charge on any atom is 0.235 e. The summed E-state index contributed by atoms with van der Waals surface area (Å²) in [6, 6.07) is 13.6. The molecule has 21 heavy (non-hydrogen) atoms. The van der Waals surface area contributed by atoms with E-state index in [1.54, 1.807) is 0 Å².